The molecule has 0 spiro atoms. The van der Waals surface area contributed by atoms with Gasteiger partial charge in [-0.3, -0.25) is 0 Å². The first-order valence-electron chi connectivity index (χ1n) is 0.781. The number of hydrogen-bond donors (Lipinski definition) is 0. The Morgan fingerprint density at radius 2 is 1.17 bits per heavy atom. The molecule has 0 unspecified atom stereocenters. The van der Waals surface area contributed by atoms with Gasteiger partial charge in [0, 0.05) is 0 Å². The fourth-order valence-corrected chi connectivity index (χ4v) is 0. The first kappa shape index (κ1) is 15.6. The van der Waals surface area contributed by atoms with Crippen LogP contribution in [-0.2, 0) is 27.8 Å². The van der Waals surface area contributed by atoms with Crippen LogP contribution in [0.5, 0.6) is 0 Å². The van der Waals surface area contributed by atoms with Gasteiger partial charge in [0.05, 0.1) is 0 Å². The van der Waals surface area contributed by atoms with Gasteiger partial charge in [0.15, 0.2) is 0 Å². The van der Waals surface area contributed by atoms with Crippen LogP contribution < -0.4 is 0 Å². The molecule has 0 aliphatic heterocycles. The van der Waals surface area contributed by atoms with E-state index in [4.69, 9.17) is 9.50 Å². The minimum atomic E-state index is -0.1000. The molecule has 0 N–H and O–H groups in total. The summed E-state index contributed by atoms with van der Waals surface area (Å²) in [5.74, 6) is 0. The van der Waals surface area contributed by atoms with Gasteiger partial charge in [-0.2, -0.15) is 0 Å². The van der Waals surface area contributed by atoms with Gasteiger partial charge >= 0.3 is 74.6 Å². The molecule has 28 valence electrons. The SMILES string of the molecule is [O]=[InH].[O]=[Sn].[O]=[Zn]. The maximum atomic E-state index is 8.42. The summed E-state index contributed by atoms with van der Waals surface area (Å²) in [6.45, 7) is 0. The van der Waals surface area contributed by atoms with Crippen LogP contribution in [0.2, 0.25) is 0 Å². The van der Waals surface area contributed by atoms with Crippen LogP contribution in [0.3, 0.4) is 0 Å². The van der Waals surface area contributed by atoms with Gasteiger partial charge in [-0.25, -0.2) is 0 Å². The maximum absolute atomic E-state index is 8.42. The molecule has 0 heterocycles. The second kappa shape index (κ2) is 75.7. The van der Waals surface area contributed by atoms with Crippen LogP contribution in [0.4, 0.5) is 0 Å². The Balaban J connectivity index is -0.0000000225. The zero-order valence-corrected chi connectivity index (χ0v) is 13.0. The Morgan fingerprint density at radius 1 is 1.17 bits per heavy atom. The third-order valence-electron chi connectivity index (χ3n) is 0. The zero-order chi connectivity index (χ0) is 6.00. The summed E-state index contributed by atoms with van der Waals surface area (Å²) in [6.07, 6.45) is 0. The third kappa shape index (κ3) is 43.8. The van der Waals surface area contributed by atoms with Crippen molar-refractivity contribution in [2.24, 2.45) is 0 Å². The van der Waals surface area contributed by atoms with Gasteiger partial charge in [0.25, 0.3) is 0 Å². The fourth-order valence-electron chi connectivity index (χ4n) is 0. The van der Waals surface area contributed by atoms with Gasteiger partial charge in [-0.05, 0) is 0 Å². The predicted octanol–water partition coefficient (Wildman–Crippen LogP) is -1.39. The normalized spacial score (nSPS) is 2.17. The Labute approximate surface area is 73.7 Å². The Kier molecular flexibility index (Phi) is 197. The monoisotopic (exact) mass is 348 g/mol. The van der Waals surface area contributed by atoms with Crippen LogP contribution in [0.1, 0.15) is 0 Å². The summed E-state index contributed by atoms with van der Waals surface area (Å²) < 4.78 is 25.1. The van der Waals surface area contributed by atoms with E-state index >= 15 is 0 Å². The molecule has 0 saturated heterocycles. The molecule has 0 atom stereocenters. The van der Waals surface area contributed by atoms with E-state index in [1.165, 1.54) is 0 Å². The molecule has 0 rings (SSSR count). The molecular weight excluding hydrogens is 347 g/mol. The van der Waals surface area contributed by atoms with Crippen LogP contribution in [-0.4, -0.2) is 46.9 Å². The average molecular weight is 348 g/mol. The topological polar surface area (TPSA) is 51.2 Å². The van der Waals surface area contributed by atoms with Crippen LogP contribution >= 0.6 is 0 Å². The minimum absolute atomic E-state index is 0.1000. The van der Waals surface area contributed by atoms with Crippen molar-refractivity contribution in [1.29, 1.82) is 0 Å². The van der Waals surface area contributed by atoms with Gasteiger partial charge in [-0.1, -0.05) is 0 Å². The Hall–Kier alpha value is 1.69. The zero-order valence-electron chi connectivity index (χ0n) is 3.14. The third-order valence-corrected chi connectivity index (χ3v) is 0. The quantitative estimate of drug-likeness (QED) is 0.507. The summed E-state index contributed by atoms with van der Waals surface area (Å²) in [4.78, 5) is 0. The molecule has 2 radical (unpaired) electrons. The van der Waals surface area contributed by atoms with Crippen LogP contribution in [0.15, 0.2) is 0 Å². The summed E-state index contributed by atoms with van der Waals surface area (Å²) in [7, 11) is 0. The second-order valence-electron chi connectivity index (χ2n) is 0. The molecule has 0 fully saturated rings. The van der Waals surface area contributed by atoms with E-state index in [0.29, 0.717) is 22.5 Å². The van der Waals surface area contributed by atoms with Crippen LogP contribution in [0.25, 0.3) is 0 Å². The first-order chi connectivity index (χ1) is 3.00. The molecule has 6 heteroatoms. The molecule has 0 saturated carbocycles. The average Bonchev–Trinajstić information content (AvgIpc) is 1.81. The van der Waals surface area contributed by atoms with Crippen LogP contribution in [0, 0.1) is 0 Å². The van der Waals surface area contributed by atoms with Crippen molar-refractivity contribution in [3.63, 3.8) is 0 Å². The summed E-state index contributed by atoms with van der Waals surface area (Å²) in [5, 5.41) is 0. The number of rotatable bonds is 0. The predicted molar refractivity (Wildman–Crippen MR) is 15.0 cm³/mol. The van der Waals surface area contributed by atoms with E-state index < -0.39 is 0 Å². The van der Waals surface area contributed by atoms with E-state index in [2.05, 4.69) is 0 Å². The molecule has 0 aromatic heterocycles. The van der Waals surface area contributed by atoms with Crippen molar-refractivity contribution in [1.82, 2.24) is 0 Å². The molecular formula is HInO3SnZn. The summed E-state index contributed by atoms with van der Waals surface area (Å²) in [5.41, 5.74) is 0. The second-order valence-corrected chi connectivity index (χ2v) is 0. The van der Waals surface area contributed by atoms with E-state index in [1.807, 2.05) is 0 Å². The van der Waals surface area contributed by atoms with Crippen molar-refractivity contribution < 1.29 is 27.8 Å². The summed E-state index contributed by atoms with van der Waals surface area (Å²) in [6, 6.07) is 0. The first-order valence-corrected chi connectivity index (χ1v) is 4.81. The molecule has 0 aromatic carbocycles. The van der Waals surface area contributed by atoms with Gasteiger partial charge in [0.1, 0.15) is 0 Å². The van der Waals surface area contributed by atoms with Crippen molar-refractivity contribution in [2.75, 3.05) is 0 Å². The standard InChI is InChI=1S/In.3O.Sn.Zn.H. The molecule has 0 amide bonds. The van der Waals surface area contributed by atoms with E-state index in [-0.39, 0.29) is 42.6 Å². The Bertz CT molecular complexity index is 15.5. The van der Waals surface area contributed by atoms with Gasteiger partial charge in [0.2, 0.25) is 0 Å². The molecule has 0 aliphatic rings. The Morgan fingerprint density at radius 3 is 1.17 bits per heavy atom. The van der Waals surface area contributed by atoms with Gasteiger partial charge in [-0.15, -0.1) is 0 Å². The molecule has 0 aromatic rings. The molecule has 6 heavy (non-hydrogen) atoms. The van der Waals surface area contributed by atoms with Crippen molar-refractivity contribution >= 4 is 46.9 Å². The molecule has 3 nitrogen and oxygen atoms in total. The van der Waals surface area contributed by atoms with Crippen molar-refractivity contribution in [2.45, 2.75) is 0 Å². The van der Waals surface area contributed by atoms with E-state index in [0.717, 1.165) is 0 Å². The van der Waals surface area contributed by atoms with E-state index in [1.54, 1.807) is 0 Å². The number of hydrogen-bond acceptors (Lipinski definition) is 3. The van der Waals surface area contributed by atoms with E-state index in [9.17, 15) is 0 Å². The molecule has 0 aliphatic carbocycles. The fraction of sp³-hybridized carbons (Fsp3) is 0. The van der Waals surface area contributed by atoms with Gasteiger partial charge < -0.3 is 0 Å². The summed E-state index contributed by atoms with van der Waals surface area (Å²) >= 11 is 0.325. The molecule has 0 bridgehead atoms. The van der Waals surface area contributed by atoms with Crippen molar-refractivity contribution in [3.8, 4) is 0 Å². The van der Waals surface area contributed by atoms with Crippen molar-refractivity contribution in [3.05, 3.63) is 0 Å².